The van der Waals surface area contributed by atoms with Crippen molar-refractivity contribution in [3.8, 4) is 0 Å². The van der Waals surface area contributed by atoms with E-state index in [0.717, 1.165) is 31.6 Å². The Morgan fingerprint density at radius 2 is 2.10 bits per heavy atom. The zero-order valence-electron chi connectivity index (χ0n) is 12.2. The van der Waals surface area contributed by atoms with E-state index in [1.165, 1.54) is 25.0 Å². The highest BCUT2D eigenvalue weighted by molar-refractivity contribution is 5.27. The van der Waals surface area contributed by atoms with E-state index < -0.39 is 11.7 Å². The van der Waals surface area contributed by atoms with Gasteiger partial charge in [0.15, 0.2) is 0 Å². The largest absolute Gasteiger partial charge is 0.416 e. The Hall–Kier alpha value is -1.07. The number of benzene rings is 1. The summed E-state index contributed by atoms with van der Waals surface area (Å²) in [4.78, 5) is 0. The maximum Gasteiger partial charge on any atom is 0.416 e. The van der Waals surface area contributed by atoms with Gasteiger partial charge in [-0.25, -0.2) is 0 Å². The fraction of sp³-hybridized carbons (Fsp3) is 0.625. The van der Waals surface area contributed by atoms with Crippen LogP contribution in [0.3, 0.4) is 0 Å². The molecule has 0 bridgehead atoms. The molecule has 2 rings (SSSR count). The highest BCUT2D eigenvalue weighted by Gasteiger charge is 2.30. The molecule has 1 aromatic rings. The molecule has 21 heavy (non-hydrogen) atoms. The van der Waals surface area contributed by atoms with Gasteiger partial charge in [0, 0.05) is 19.3 Å². The first-order valence-corrected chi connectivity index (χ1v) is 7.45. The quantitative estimate of drug-likeness (QED) is 0.728. The zero-order valence-corrected chi connectivity index (χ0v) is 12.2. The summed E-state index contributed by atoms with van der Waals surface area (Å²) in [5.41, 5.74) is 0.0603. The van der Waals surface area contributed by atoms with Crippen LogP contribution in [0.25, 0.3) is 0 Å². The number of halogens is 3. The van der Waals surface area contributed by atoms with Crippen LogP contribution in [-0.4, -0.2) is 19.8 Å². The van der Waals surface area contributed by atoms with Crippen LogP contribution in [0.2, 0.25) is 0 Å². The van der Waals surface area contributed by atoms with E-state index in [1.807, 2.05) is 6.92 Å². The Morgan fingerprint density at radius 1 is 1.33 bits per heavy atom. The first kappa shape index (κ1) is 16.3. The van der Waals surface area contributed by atoms with Crippen molar-refractivity contribution < 1.29 is 17.9 Å². The van der Waals surface area contributed by atoms with Gasteiger partial charge in [0.25, 0.3) is 0 Å². The van der Waals surface area contributed by atoms with Crippen LogP contribution in [0.5, 0.6) is 0 Å². The van der Waals surface area contributed by atoms with Crippen molar-refractivity contribution in [2.45, 2.75) is 38.4 Å². The summed E-state index contributed by atoms with van der Waals surface area (Å²) in [5, 5.41) is 3.23. The van der Waals surface area contributed by atoms with Gasteiger partial charge >= 0.3 is 6.18 Å². The van der Waals surface area contributed by atoms with Crippen LogP contribution in [-0.2, 0) is 10.9 Å². The molecule has 0 radical (unpaired) electrons. The Bertz CT molecular complexity index is 443. The summed E-state index contributed by atoms with van der Waals surface area (Å²) >= 11 is 0. The Morgan fingerprint density at radius 3 is 2.76 bits per heavy atom. The number of hydrogen-bond acceptors (Lipinski definition) is 2. The number of rotatable bonds is 8. The molecule has 1 saturated carbocycles. The molecule has 2 nitrogen and oxygen atoms in total. The topological polar surface area (TPSA) is 21.3 Å². The molecule has 1 N–H and O–H groups in total. The van der Waals surface area contributed by atoms with E-state index in [0.29, 0.717) is 12.2 Å². The second-order valence-corrected chi connectivity index (χ2v) is 5.67. The lowest BCUT2D eigenvalue weighted by Crippen LogP contribution is -2.21. The molecular weight excluding hydrogens is 279 g/mol. The van der Waals surface area contributed by atoms with E-state index in [-0.39, 0.29) is 6.04 Å². The average Bonchev–Trinajstić information content (AvgIpc) is 3.26. The molecule has 1 unspecified atom stereocenters. The smallest absolute Gasteiger partial charge is 0.381 e. The Labute approximate surface area is 123 Å². The van der Waals surface area contributed by atoms with E-state index in [1.54, 1.807) is 6.07 Å². The third-order valence-corrected chi connectivity index (χ3v) is 3.68. The molecule has 1 aromatic carbocycles. The molecule has 1 aliphatic carbocycles. The summed E-state index contributed by atoms with van der Waals surface area (Å²) < 4.78 is 43.5. The summed E-state index contributed by atoms with van der Waals surface area (Å²) in [7, 11) is 0. The Kier molecular flexibility index (Phi) is 5.65. The lowest BCUT2D eigenvalue weighted by atomic mass is 10.0. The molecule has 0 spiro atoms. The molecule has 0 heterocycles. The summed E-state index contributed by atoms with van der Waals surface area (Å²) in [6.45, 7) is 4.17. The van der Waals surface area contributed by atoms with E-state index in [4.69, 9.17) is 4.74 Å². The van der Waals surface area contributed by atoms with E-state index >= 15 is 0 Å². The second-order valence-electron chi connectivity index (χ2n) is 5.67. The van der Waals surface area contributed by atoms with Gasteiger partial charge < -0.3 is 10.1 Å². The molecule has 0 saturated heterocycles. The van der Waals surface area contributed by atoms with Crippen molar-refractivity contribution >= 4 is 0 Å². The maximum absolute atomic E-state index is 12.7. The number of alkyl halides is 3. The third kappa shape index (κ3) is 5.67. The standard InChI is InChI=1S/C16H22F3NO/c1-12(20-8-3-9-21-11-13-6-7-13)14-4-2-5-15(10-14)16(17,18)19/h2,4-5,10,12-13,20H,3,6-9,11H2,1H3. The minimum atomic E-state index is -4.29. The van der Waals surface area contributed by atoms with Crippen molar-refractivity contribution in [2.24, 2.45) is 5.92 Å². The molecule has 118 valence electrons. The highest BCUT2D eigenvalue weighted by atomic mass is 19.4. The first-order valence-electron chi connectivity index (χ1n) is 7.45. The normalized spacial score (nSPS) is 17.0. The van der Waals surface area contributed by atoms with Gasteiger partial charge in [-0.15, -0.1) is 0 Å². The van der Waals surface area contributed by atoms with Gasteiger partial charge in [-0.1, -0.05) is 12.1 Å². The molecule has 5 heteroatoms. The lowest BCUT2D eigenvalue weighted by Gasteiger charge is -2.16. The van der Waals surface area contributed by atoms with Crippen LogP contribution in [0.4, 0.5) is 13.2 Å². The van der Waals surface area contributed by atoms with Crippen molar-refractivity contribution in [2.75, 3.05) is 19.8 Å². The number of ether oxygens (including phenoxy) is 1. The lowest BCUT2D eigenvalue weighted by molar-refractivity contribution is -0.137. The summed E-state index contributed by atoms with van der Waals surface area (Å²) in [6.07, 6.45) is -0.849. The zero-order chi connectivity index (χ0) is 15.3. The van der Waals surface area contributed by atoms with Gasteiger partial charge in [-0.3, -0.25) is 0 Å². The number of nitrogens with one attached hydrogen (secondary N) is 1. The van der Waals surface area contributed by atoms with Crippen LogP contribution in [0.15, 0.2) is 24.3 Å². The molecule has 0 aromatic heterocycles. The fourth-order valence-corrected chi connectivity index (χ4v) is 2.13. The number of hydrogen-bond donors (Lipinski definition) is 1. The summed E-state index contributed by atoms with van der Waals surface area (Å²) in [5.74, 6) is 0.766. The predicted octanol–water partition coefficient (Wildman–Crippen LogP) is 4.17. The molecule has 1 atom stereocenters. The summed E-state index contributed by atoms with van der Waals surface area (Å²) in [6, 6.07) is 5.38. The van der Waals surface area contributed by atoms with E-state index in [2.05, 4.69) is 5.32 Å². The van der Waals surface area contributed by atoms with Crippen LogP contribution >= 0.6 is 0 Å². The fourth-order valence-electron chi connectivity index (χ4n) is 2.13. The van der Waals surface area contributed by atoms with Crippen molar-refractivity contribution in [1.82, 2.24) is 5.32 Å². The van der Waals surface area contributed by atoms with Gasteiger partial charge in [0.05, 0.1) is 5.56 Å². The van der Waals surface area contributed by atoms with Crippen LogP contribution in [0.1, 0.15) is 43.4 Å². The second kappa shape index (κ2) is 7.27. The van der Waals surface area contributed by atoms with Gasteiger partial charge in [-0.2, -0.15) is 13.2 Å². The van der Waals surface area contributed by atoms with Crippen LogP contribution in [0, 0.1) is 5.92 Å². The molecule has 1 aliphatic rings. The molecule has 1 fully saturated rings. The van der Waals surface area contributed by atoms with Gasteiger partial charge in [0.1, 0.15) is 0 Å². The molecule has 0 aliphatic heterocycles. The van der Waals surface area contributed by atoms with Crippen molar-refractivity contribution in [3.05, 3.63) is 35.4 Å². The van der Waals surface area contributed by atoms with E-state index in [9.17, 15) is 13.2 Å². The van der Waals surface area contributed by atoms with Crippen molar-refractivity contribution in [1.29, 1.82) is 0 Å². The maximum atomic E-state index is 12.7. The highest BCUT2D eigenvalue weighted by Crippen LogP contribution is 2.30. The average molecular weight is 301 g/mol. The molecule has 0 amide bonds. The van der Waals surface area contributed by atoms with Crippen LogP contribution < -0.4 is 5.32 Å². The van der Waals surface area contributed by atoms with Crippen molar-refractivity contribution in [3.63, 3.8) is 0 Å². The molecular formula is C16H22F3NO. The monoisotopic (exact) mass is 301 g/mol. The SMILES string of the molecule is CC(NCCCOCC1CC1)c1cccc(C(F)(F)F)c1. The minimum Gasteiger partial charge on any atom is -0.381 e. The predicted molar refractivity (Wildman–Crippen MR) is 76.0 cm³/mol. The minimum absolute atomic E-state index is 0.101. The van der Waals surface area contributed by atoms with Gasteiger partial charge in [-0.05, 0) is 56.3 Å². The first-order chi connectivity index (χ1) is 9.97. The van der Waals surface area contributed by atoms with Gasteiger partial charge in [0.2, 0.25) is 0 Å². The third-order valence-electron chi connectivity index (χ3n) is 3.68. The Balaban J connectivity index is 1.70.